The number of ether oxygens (including phenoxy) is 3. The minimum absolute atomic E-state index is 0.00665. The highest BCUT2D eigenvalue weighted by molar-refractivity contribution is 7.93. The van der Waals surface area contributed by atoms with Crippen molar-refractivity contribution in [2.45, 2.75) is 49.0 Å². The van der Waals surface area contributed by atoms with Crippen LogP contribution >= 0.6 is 0 Å². The lowest BCUT2D eigenvalue weighted by Gasteiger charge is -2.26. The number of nitrogens with zero attached hydrogens (tertiary/aromatic N) is 3. The number of sulfonamides is 1. The molecule has 6 rings (SSSR count). The molecule has 2 aromatic heterocycles. The Morgan fingerprint density at radius 2 is 1.77 bits per heavy atom. The third-order valence-corrected chi connectivity index (χ3v) is 9.18. The van der Waals surface area contributed by atoms with E-state index in [4.69, 9.17) is 18.7 Å². The van der Waals surface area contributed by atoms with Crippen LogP contribution in [0.1, 0.15) is 48.9 Å². The van der Waals surface area contributed by atoms with Crippen LogP contribution in [0.15, 0.2) is 39.8 Å². The van der Waals surface area contributed by atoms with E-state index in [2.05, 4.69) is 25.4 Å². The Bertz CT molecular complexity index is 1710. The summed E-state index contributed by atoms with van der Waals surface area (Å²) in [7, 11) is -0.175. The molecule has 43 heavy (non-hydrogen) atoms. The molecule has 12 nitrogen and oxygen atoms in total. The Labute approximate surface area is 246 Å². The molecular formula is C28H32F2N6O6S. The van der Waals surface area contributed by atoms with Crippen LogP contribution in [0.3, 0.4) is 0 Å². The van der Waals surface area contributed by atoms with Crippen LogP contribution in [-0.2, 0) is 10.0 Å². The van der Waals surface area contributed by atoms with Crippen LogP contribution in [0, 0.1) is 0 Å². The Morgan fingerprint density at radius 1 is 1.05 bits per heavy atom. The molecule has 1 aliphatic carbocycles. The summed E-state index contributed by atoms with van der Waals surface area (Å²) < 4.78 is 78.3. The van der Waals surface area contributed by atoms with E-state index in [1.54, 1.807) is 29.2 Å². The molecule has 4 aromatic rings. The van der Waals surface area contributed by atoms with Crippen molar-refractivity contribution in [3.63, 3.8) is 0 Å². The summed E-state index contributed by atoms with van der Waals surface area (Å²) >= 11 is 0. The lowest BCUT2D eigenvalue weighted by molar-refractivity contribution is 0.0821. The molecule has 3 N–H and O–H groups in total. The third-order valence-electron chi connectivity index (χ3n) is 7.77. The van der Waals surface area contributed by atoms with Gasteiger partial charge in [0.1, 0.15) is 17.2 Å². The van der Waals surface area contributed by atoms with Crippen LogP contribution < -0.4 is 24.2 Å². The molecule has 3 heterocycles. The quantitative estimate of drug-likeness (QED) is 0.189. The number of benzene rings is 2. The average Bonchev–Trinajstić information content (AvgIpc) is 3.36. The van der Waals surface area contributed by atoms with Gasteiger partial charge in [-0.15, -0.1) is 0 Å². The van der Waals surface area contributed by atoms with E-state index in [1.807, 2.05) is 6.07 Å². The predicted octanol–water partition coefficient (Wildman–Crippen LogP) is 5.40. The number of alkyl halides is 2. The molecule has 0 spiro atoms. The number of hydrogen-bond donors (Lipinski definition) is 3. The zero-order valence-corrected chi connectivity index (χ0v) is 24.6. The third kappa shape index (κ3) is 5.78. The summed E-state index contributed by atoms with van der Waals surface area (Å²) in [6.07, 6.45) is 1.18. The highest BCUT2D eigenvalue weighted by Gasteiger charge is 2.33. The van der Waals surface area contributed by atoms with E-state index in [0.29, 0.717) is 52.7 Å². The predicted molar refractivity (Wildman–Crippen MR) is 154 cm³/mol. The van der Waals surface area contributed by atoms with Crippen LogP contribution in [-0.4, -0.2) is 69.5 Å². The fraction of sp³-hybridized carbons (Fsp3) is 0.429. The summed E-state index contributed by atoms with van der Waals surface area (Å²) in [5.41, 5.74) is 2.55. The van der Waals surface area contributed by atoms with Crippen molar-refractivity contribution < 1.29 is 35.9 Å². The monoisotopic (exact) mass is 618 g/mol. The van der Waals surface area contributed by atoms with E-state index in [0.717, 1.165) is 25.0 Å². The molecule has 1 saturated heterocycles. The maximum Gasteiger partial charge on any atom is 0.270 e. The number of aromatic amines is 1. The molecule has 0 radical (unpaired) electrons. The molecule has 2 fully saturated rings. The van der Waals surface area contributed by atoms with Gasteiger partial charge in [-0.1, -0.05) is 5.16 Å². The van der Waals surface area contributed by atoms with Crippen LogP contribution in [0.5, 0.6) is 17.2 Å². The summed E-state index contributed by atoms with van der Waals surface area (Å²) in [5.74, 6) is 1.48. The number of hydrogen-bond acceptors (Lipinski definition) is 10. The first kappa shape index (κ1) is 29.0. The summed E-state index contributed by atoms with van der Waals surface area (Å²) in [5, 5.41) is 14.9. The van der Waals surface area contributed by atoms with Crippen LogP contribution in [0.4, 0.5) is 26.1 Å². The van der Waals surface area contributed by atoms with Gasteiger partial charge >= 0.3 is 0 Å². The molecule has 0 bridgehead atoms. The zero-order valence-electron chi connectivity index (χ0n) is 23.8. The van der Waals surface area contributed by atoms with Gasteiger partial charge in [0.25, 0.3) is 16.4 Å². The normalized spacial score (nSPS) is 17.5. The number of methoxy groups -OCH3 is 3. The fourth-order valence-corrected chi connectivity index (χ4v) is 6.90. The van der Waals surface area contributed by atoms with Gasteiger partial charge < -0.3 is 24.1 Å². The van der Waals surface area contributed by atoms with Crippen LogP contribution in [0.2, 0.25) is 0 Å². The van der Waals surface area contributed by atoms with E-state index in [1.165, 1.54) is 21.3 Å². The number of H-pyrrole nitrogens is 1. The topological polar surface area (TPSA) is 144 Å². The summed E-state index contributed by atoms with van der Waals surface area (Å²) in [6, 6.07) is 7.98. The van der Waals surface area contributed by atoms with Crippen LogP contribution in [0.25, 0.3) is 11.0 Å². The van der Waals surface area contributed by atoms with E-state index < -0.39 is 16.4 Å². The van der Waals surface area contributed by atoms with Crippen molar-refractivity contribution in [1.29, 1.82) is 0 Å². The number of rotatable bonds is 12. The zero-order chi connectivity index (χ0) is 30.3. The summed E-state index contributed by atoms with van der Waals surface area (Å²) in [6.45, 7) is 0.143. The largest absolute Gasteiger partial charge is 0.495 e. The highest BCUT2D eigenvalue weighted by Crippen LogP contribution is 2.43. The van der Waals surface area contributed by atoms with Gasteiger partial charge in [-0.05, 0) is 56.0 Å². The van der Waals surface area contributed by atoms with E-state index >= 15 is 0 Å². The standard InChI is InChI=1S/C28H32F2N6O6S/c1-39-22-11-17-21(12-19(22)31-26-13-18(32-33-26)15-6-7-15)42-34-28(17)35-43(37,38)27-23(40-2)9-16(10-24(27)41-3)20-5-4-8-36(20)14-25(29)30/h9-13,15,20,25H,4-8,14H2,1-3H3,(H,34,35)(H2,31,32,33)/t20-/m1/s1. The maximum absolute atomic E-state index is 13.8. The molecule has 2 aliphatic rings. The second kappa shape index (κ2) is 11.5. The molecule has 230 valence electrons. The number of anilines is 3. The van der Waals surface area contributed by atoms with Gasteiger partial charge in [0.15, 0.2) is 22.1 Å². The van der Waals surface area contributed by atoms with Crippen molar-refractivity contribution in [3.05, 3.63) is 41.6 Å². The van der Waals surface area contributed by atoms with Gasteiger partial charge in [0.05, 0.1) is 38.9 Å². The van der Waals surface area contributed by atoms with Gasteiger partial charge in [-0.3, -0.25) is 14.7 Å². The number of aromatic nitrogens is 3. The Morgan fingerprint density at radius 3 is 2.42 bits per heavy atom. The average molecular weight is 619 g/mol. The van der Waals surface area contributed by atoms with Gasteiger partial charge in [0.2, 0.25) is 0 Å². The number of nitrogens with one attached hydrogen (secondary N) is 3. The van der Waals surface area contributed by atoms with Gasteiger partial charge in [-0.25, -0.2) is 17.2 Å². The lowest BCUT2D eigenvalue weighted by atomic mass is 10.0. The van der Waals surface area contributed by atoms with Crippen molar-refractivity contribution in [1.82, 2.24) is 20.3 Å². The first-order valence-electron chi connectivity index (χ1n) is 13.8. The molecule has 1 aliphatic heterocycles. The number of halogens is 2. The molecule has 0 amide bonds. The highest BCUT2D eigenvalue weighted by atomic mass is 32.2. The Hall–Kier alpha value is -4.11. The molecule has 1 saturated carbocycles. The fourth-order valence-electron chi connectivity index (χ4n) is 5.58. The Kier molecular flexibility index (Phi) is 7.77. The smallest absolute Gasteiger partial charge is 0.270 e. The first-order chi connectivity index (χ1) is 20.7. The van der Waals surface area contributed by atoms with Crippen molar-refractivity contribution >= 4 is 38.3 Å². The molecular weight excluding hydrogens is 586 g/mol. The maximum atomic E-state index is 13.8. The van der Waals surface area contributed by atoms with Crippen molar-refractivity contribution in [2.24, 2.45) is 0 Å². The van der Waals surface area contributed by atoms with Gasteiger partial charge in [-0.2, -0.15) is 5.10 Å². The van der Waals surface area contributed by atoms with Crippen molar-refractivity contribution in [2.75, 3.05) is 44.5 Å². The molecule has 0 unspecified atom stereocenters. The molecule has 1 atom stereocenters. The Balaban J connectivity index is 1.30. The second-order valence-electron chi connectivity index (χ2n) is 10.6. The lowest BCUT2D eigenvalue weighted by Crippen LogP contribution is -2.28. The van der Waals surface area contributed by atoms with Gasteiger partial charge in [0, 0.05) is 29.8 Å². The number of likely N-dealkylation sites (tertiary alicyclic amines) is 1. The first-order valence-corrected chi connectivity index (χ1v) is 15.3. The second-order valence-corrected chi connectivity index (χ2v) is 12.2. The minimum Gasteiger partial charge on any atom is -0.495 e. The SMILES string of the molecule is COc1cc2c(NS(=O)(=O)c3c(OC)cc([C@H]4CCCN4CC(F)F)cc3OC)noc2cc1Nc1cc(C2CC2)[nH]n1. The summed E-state index contributed by atoms with van der Waals surface area (Å²) in [4.78, 5) is 1.42. The molecule has 15 heteroatoms. The molecule has 2 aromatic carbocycles. The van der Waals surface area contributed by atoms with E-state index in [9.17, 15) is 17.2 Å². The van der Waals surface area contributed by atoms with Crippen molar-refractivity contribution in [3.8, 4) is 17.2 Å². The van der Waals surface area contributed by atoms with E-state index in [-0.39, 0.29) is 34.8 Å². The number of fused-ring (bicyclic) bond motifs is 1. The minimum atomic E-state index is -4.34.